The molecule has 0 saturated carbocycles. The maximum Gasteiger partial charge on any atom is 0.322 e. The molecule has 0 aromatic carbocycles. The summed E-state index contributed by atoms with van der Waals surface area (Å²) < 4.78 is 0. The number of carbonyl (C=O) groups excluding carboxylic acids is 2. The van der Waals surface area contributed by atoms with Crippen molar-refractivity contribution in [2.24, 2.45) is 0 Å². The second-order valence-electron chi connectivity index (χ2n) is 4.95. The maximum atomic E-state index is 11.2. The van der Waals surface area contributed by atoms with Crippen molar-refractivity contribution in [3.8, 4) is 0 Å². The van der Waals surface area contributed by atoms with Gasteiger partial charge in [0.15, 0.2) is 5.12 Å². The van der Waals surface area contributed by atoms with E-state index < -0.39 is 12.0 Å². The van der Waals surface area contributed by atoms with Crippen LogP contribution in [0.25, 0.3) is 0 Å². The quantitative estimate of drug-likeness (QED) is 0.748. The number of hydrogen-bond acceptors (Lipinski definition) is 6. The Morgan fingerprint density at radius 1 is 1.37 bits per heavy atom. The highest BCUT2D eigenvalue weighted by atomic mass is 32.2. The van der Waals surface area contributed by atoms with E-state index in [4.69, 9.17) is 0 Å². The van der Waals surface area contributed by atoms with Gasteiger partial charge < -0.3 is 9.90 Å². The minimum atomic E-state index is -0.843. The summed E-state index contributed by atoms with van der Waals surface area (Å²) in [5, 5.41) is 12.9. The zero-order valence-corrected chi connectivity index (χ0v) is 11.6. The van der Waals surface area contributed by atoms with Crippen LogP contribution in [-0.4, -0.2) is 62.9 Å². The van der Waals surface area contributed by atoms with E-state index >= 15 is 0 Å². The number of aldehydes is 1. The lowest BCUT2D eigenvalue weighted by molar-refractivity contribution is -0.152. The van der Waals surface area contributed by atoms with Gasteiger partial charge in [0.2, 0.25) is 0 Å². The van der Waals surface area contributed by atoms with Gasteiger partial charge in [-0.2, -0.15) is 0 Å². The average Bonchev–Trinajstić information content (AvgIpc) is 2.92. The Balaban J connectivity index is 2.07. The van der Waals surface area contributed by atoms with Crippen LogP contribution < -0.4 is 0 Å². The maximum absolute atomic E-state index is 11.2. The van der Waals surface area contributed by atoms with Gasteiger partial charge in [0.1, 0.15) is 12.3 Å². The molecular formula is C12H18N2O4S. The van der Waals surface area contributed by atoms with E-state index in [0.717, 1.165) is 12.7 Å². The highest BCUT2D eigenvalue weighted by molar-refractivity contribution is 8.14. The molecule has 2 rings (SSSR count). The lowest BCUT2D eigenvalue weighted by Gasteiger charge is -2.33. The third-order valence-electron chi connectivity index (χ3n) is 3.61. The van der Waals surface area contributed by atoms with Crippen molar-refractivity contribution in [1.82, 2.24) is 10.0 Å². The highest BCUT2D eigenvalue weighted by Crippen LogP contribution is 2.31. The molecule has 106 valence electrons. The Bertz CT molecular complexity index is 390. The molecule has 2 saturated heterocycles. The van der Waals surface area contributed by atoms with Crippen molar-refractivity contribution in [2.75, 3.05) is 13.1 Å². The molecule has 0 radical (unpaired) electrons. The van der Waals surface area contributed by atoms with Crippen LogP contribution in [-0.2, 0) is 14.4 Å². The molecular weight excluding hydrogens is 268 g/mol. The van der Waals surface area contributed by atoms with Crippen LogP contribution in [0, 0.1) is 0 Å². The molecule has 1 N–H and O–H groups in total. The van der Waals surface area contributed by atoms with Gasteiger partial charge in [-0.05, 0) is 19.3 Å². The van der Waals surface area contributed by atoms with Crippen LogP contribution in [0.5, 0.6) is 0 Å². The Morgan fingerprint density at radius 2 is 2.11 bits per heavy atom. The summed E-state index contributed by atoms with van der Waals surface area (Å²) >= 11 is 1.24. The standard InChI is InChI=1S/C12H18N2O4S/c1-8(16)19-10-5-9(7-15)14(6-10)13-4-2-3-11(13)12(17)18/h7,9-11H,2-6H2,1H3,(H,17,18)/t9-,10-,11?/m0/s1. The number of nitrogens with zero attached hydrogens (tertiary/aromatic N) is 2. The van der Waals surface area contributed by atoms with Crippen molar-refractivity contribution in [3.05, 3.63) is 0 Å². The molecule has 3 atom stereocenters. The van der Waals surface area contributed by atoms with E-state index in [1.807, 2.05) is 5.01 Å². The number of hydrazine groups is 1. The van der Waals surface area contributed by atoms with Crippen molar-refractivity contribution in [2.45, 2.75) is 43.5 Å². The molecule has 7 heteroatoms. The van der Waals surface area contributed by atoms with Gasteiger partial charge in [-0.25, -0.2) is 10.0 Å². The number of aliphatic carboxylic acids is 1. The number of carboxylic acids is 1. The van der Waals surface area contributed by atoms with Gasteiger partial charge in [0.05, 0.1) is 6.04 Å². The fourth-order valence-electron chi connectivity index (χ4n) is 2.86. The molecule has 2 fully saturated rings. The Kier molecular flexibility index (Phi) is 4.59. The summed E-state index contributed by atoms with van der Waals surface area (Å²) in [6.07, 6.45) is 2.90. The summed E-state index contributed by atoms with van der Waals surface area (Å²) in [5.74, 6) is -0.843. The normalized spacial score (nSPS) is 32.6. The third-order valence-corrected chi connectivity index (χ3v) is 4.61. The van der Waals surface area contributed by atoms with Crippen LogP contribution in [0.15, 0.2) is 0 Å². The zero-order valence-electron chi connectivity index (χ0n) is 10.8. The molecule has 19 heavy (non-hydrogen) atoms. The number of carbonyl (C=O) groups is 3. The SMILES string of the molecule is CC(=O)S[C@H]1C[C@@H](C=O)N(N2CCCC2C(=O)O)C1. The molecule has 1 unspecified atom stereocenters. The van der Waals surface area contributed by atoms with E-state index in [1.165, 1.54) is 18.7 Å². The van der Waals surface area contributed by atoms with E-state index in [2.05, 4.69) is 0 Å². The predicted molar refractivity (Wildman–Crippen MR) is 70.6 cm³/mol. The second-order valence-corrected chi connectivity index (χ2v) is 6.43. The van der Waals surface area contributed by atoms with Crippen LogP contribution in [0.4, 0.5) is 0 Å². The van der Waals surface area contributed by atoms with E-state index in [0.29, 0.717) is 25.9 Å². The van der Waals surface area contributed by atoms with Gasteiger partial charge in [-0.3, -0.25) is 9.59 Å². The summed E-state index contributed by atoms with van der Waals surface area (Å²) in [4.78, 5) is 33.5. The number of carboxylic acid groups (broad SMARTS) is 1. The zero-order chi connectivity index (χ0) is 14.0. The molecule has 2 heterocycles. The molecule has 0 bridgehead atoms. The van der Waals surface area contributed by atoms with Crippen molar-refractivity contribution in [3.63, 3.8) is 0 Å². The topological polar surface area (TPSA) is 77.9 Å². The van der Waals surface area contributed by atoms with Crippen LogP contribution >= 0.6 is 11.8 Å². The van der Waals surface area contributed by atoms with E-state index in [9.17, 15) is 19.5 Å². The Hall–Kier alpha value is -0.920. The largest absolute Gasteiger partial charge is 0.480 e. The van der Waals surface area contributed by atoms with Crippen molar-refractivity contribution < 1.29 is 19.5 Å². The van der Waals surface area contributed by atoms with Gasteiger partial charge in [-0.15, -0.1) is 0 Å². The highest BCUT2D eigenvalue weighted by Gasteiger charge is 2.42. The summed E-state index contributed by atoms with van der Waals surface area (Å²) in [6.45, 7) is 2.75. The summed E-state index contributed by atoms with van der Waals surface area (Å²) in [7, 11) is 0. The average molecular weight is 286 g/mol. The molecule has 0 spiro atoms. The monoisotopic (exact) mass is 286 g/mol. The summed E-state index contributed by atoms with van der Waals surface area (Å²) in [6, 6.07) is -0.847. The number of thioether (sulfide) groups is 1. The minimum Gasteiger partial charge on any atom is -0.480 e. The lowest BCUT2D eigenvalue weighted by atomic mass is 10.2. The number of hydrogen-bond donors (Lipinski definition) is 1. The minimum absolute atomic E-state index is 0.0349. The fourth-order valence-corrected chi connectivity index (χ4v) is 3.85. The van der Waals surface area contributed by atoms with Gasteiger partial charge in [0, 0.05) is 25.3 Å². The molecule has 0 aromatic heterocycles. The molecule has 0 aliphatic carbocycles. The molecule has 2 aliphatic rings. The first kappa shape index (κ1) is 14.5. The van der Waals surface area contributed by atoms with Gasteiger partial charge >= 0.3 is 5.97 Å². The molecule has 2 aliphatic heterocycles. The van der Waals surface area contributed by atoms with Crippen molar-refractivity contribution >= 4 is 29.1 Å². The van der Waals surface area contributed by atoms with Crippen molar-refractivity contribution in [1.29, 1.82) is 0 Å². The first-order valence-corrected chi connectivity index (χ1v) is 7.29. The van der Waals surface area contributed by atoms with Crippen LogP contribution in [0.1, 0.15) is 26.2 Å². The smallest absolute Gasteiger partial charge is 0.322 e. The van der Waals surface area contributed by atoms with Gasteiger partial charge in [0.25, 0.3) is 0 Å². The first-order chi connectivity index (χ1) is 9.02. The first-order valence-electron chi connectivity index (χ1n) is 6.41. The Labute approximate surface area is 116 Å². The van der Waals surface area contributed by atoms with Crippen LogP contribution in [0.2, 0.25) is 0 Å². The molecule has 6 nitrogen and oxygen atoms in total. The molecule has 0 aromatic rings. The second kappa shape index (κ2) is 6.02. The Morgan fingerprint density at radius 3 is 2.68 bits per heavy atom. The van der Waals surface area contributed by atoms with Crippen LogP contribution in [0.3, 0.4) is 0 Å². The lowest BCUT2D eigenvalue weighted by Crippen LogP contribution is -2.51. The van der Waals surface area contributed by atoms with E-state index in [-0.39, 0.29) is 16.4 Å². The predicted octanol–water partition coefficient (Wildman–Crippen LogP) is 0.372. The fraction of sp³-hybridized carbons (Fsp3) is 0.750. The number of rotatable bonds is 4. The summed E-state index contributed by atoms with van der Waals surface area (Å²) in [5.41, 5.74) is 0. The molecule has 0 amide bonds. The van der Waals surface area contributed by atoms with Gasteiger partial charge in [-0.1, -0.05) is 11.8 Å². The van der Waals surface area contributed by atoms with E-state index in [1.54, 1.807) is 5.01 Å². The third kappa shape index (κ3) is 3.16.